The van der Waals surface area contributed by atoms with Gasteiger partial charge in [0, 0.05) is 35.2 Å². The largest absolute Gasteiger partial charge is 0.395 e. The molecule has 1 heterocycles. The number of carbonyl (C=O) groups is 1. The number of nitrogens with zero attached hydrogens (tertiary/aromatic N) is 1. The highest BCUT2D eigenvalue weighted by molar-refractivity contribution is 7.10. The Hall–Kier alpha value is -1.31. The summed E-state index contributed by atoms with van der Waals surface area (Å²) in [5, 5.41) is 10.7. The van der Waals surface area contributed by atoms with Crippen LogP contribution in [0.15, 0.2) is 11.4 Å². The number of hydrogen-bond donors (Lipinski definition) is 1. The van der Waals surface area contributed by atoms with Crippen LogP contribution in [-0.2, 0) is 11.3 Å². The van der Waals surface area contributed by atoms with E-state index in [1.807, 2.05) is 23.4 Å². The summed E-state index contributed by atoms with van der Waals surface area (Å²) in [6, 6.07) is 2.05. The van der Waals surface area contributed by atoms with Crippen LogP contribution in [0.2, 0.25) is 0 Å². The summed E-state index contributed by atoms with van der Waals surface area (Å²) in [6.45, 7) is 0.779. The fraction of sp³-hybridized carbons (Fsp3) is 0.588. The lowest BCUT2D eigenvalue weighted by atomic mass is 10.0. The molecule has 2 atom stereocenters. The van der Waals surface area contributed by atoms with E-state index in [9.17, 15) is 4.79 Å². The van der Waals surface area contributed by atoms with Crippen molar-refractivity contribution in [1.82, 2.24) is 4.90 Å². The Morgan fingerprint density at radius 3 is 2.90 bits per heavy atom. The predicted molar refractivity (Wildman–Crippen MR) is 83.7 cm³/mol. The quantitative estimate of drug-likeness (QED) is 0.868. The normalized spacial score (nSPS) is 25.9. The molecule has 3 nitrogen and oxygen atoms in total. The standard InChI is InChI=1S/C17H21NO2S/c1-18(17(20)15-8-13-7-14(13)9-15)10-16-6-12(11-21-16)4-2-3-5-19/h6,11,13-15,19H,3,5,7-10H2,1H3. The summed E-state index contributed by atoms with van der Waals surface area (Å²) in [5.74, 6) is 8.23. The summed E-state index contributed by atoms with van der Waals surface area (Å²) in [4.78, 5) is 15.4. The van der Waals surface area contributed by atoms with Crippen molar-refractivity contribution in [3.8, 4) is 11.8 Å². The van der Waals surface area contributed by atoms with Gasteiger partial charge in [0.1, 0.15) is 0 Å². The fourth-order valence-electron chi connectivity index (χ4n) is 3.29. The molecule has 1 N–H and O–H groups in total. The number of aliphatic hydroxyl groups is 1. The van der Waals surface area contributed by atoms with Crippen molar-refractivity contribution in [3.05, 3.63) is 21.9 Å². The minimum atomic E-state index is 0.102. The van der Waals surface area contributed by atoms with Crippen molar-refractivity contribution in [3.63, 3.8) is 0 Å². The van der Waals surface area contributed by atoms with Gasteiger partial charge in [0.2, 0.25) is 5.91 Å². The average molecular weight is 303 g/mol. The summed E-state index contributed by atoms with van der Waals surface area (Å²) in [5.41, 5.74) is 0.978. The number of amides is 1. The van der Waals surface area contributed by atoms with Crippen LogP contribution in [0.25, 0.3) is 0 Å². The van der Waals surface area contributed by atoms with Gasteiger partial charge >= 0.3 is 0 Å². The number of hydrogen-bond acceptors (Lipinski definition) is 3. The second-order valence-electron chi connectivity index (χ2n) is 6.20. The Balaban J connectivity index is 1.53. The van der Waals surface area contributed by atoms with Gasteiger partial charge in [-0.3, -0.25) is 4.79 Å². The van der Waals surface area contributed by atoms with E-state index < -0.39 is 0 Å². The lowest BCUT2D eigenvalue weighted by molar-refractivity contribution is -0.134. The molecule has 2 fully saturated rings. The number of carbonyl (C=O) groups excluding carboxylic acids is 1. The van der Waals surface area contributed by atoms with Gasteiger partial charge in [-0.1, -0.05) is 11.8 Å². The molecular formula is C17H21NO2S. The third-order valence-corrected chi connectivity index (χ3v) is 5.41. The molecule has 0 aromatic carbocycles. The van der Waals surface area contributed by atoms with Gasteiger partial charge in [-0.2, -0.15) is 0 Å². The highest BCUT2D eigenvalue weighted by Gasteiger charge is 2.48. The fourth-order valence-corrected chi connectivity index (χ4v) is 4.16. The van der Waals surface area contributed by atoms with Crippen LogP contribution in [0.3, 0.4) is 0 Å². The van der Waals surface area contributed by atoms with Crippen LogP contribution in [0.5, 0.6) is 0 Å². The van der Waals surface area contributed by atoms with E-state index in [4.69, 9.17) is 5.11 Å². The predicted octanol–water partition coefficient (Wildman–Crippen LogP) is 2.49. The second kappa shape index (κ2) is 6.21. The smallest absolute Gasteiger partial charge is 0.225 e. The maximum absolute atomic E-state index is 12.4. The van der Waals surface area contributed by atoms with Crippen LogP contribution in [0.4, 0.5) is 0 Å². The van der Waals surface area contributed by atoms with Gasteiger partial charge in [-0.15, -0.1) is 11.3 Å². The summed E-state index contributed by atoms with van der Waals surface area (Å²) < 4.78 is 0. The van der Waals surface area contributed by atoms with Crippen LogP contribution >= 0.6 is 11.3 Å². The number of rotatable bonds is 4. The molecule has 0 radical (unpaired) electrons. The molecule has 2 aliphatic rings. The first-order chi connectivity index (χ1) is 10.2. The van der Waals surface area contributed by atoms with Crippen molar-refractivity contribution < 1.29 is 9.90 Å². The van der Waals surface area contributed by atoms with E-state index >= 15 is 0 Å². The summed E-state index contributed by atoms with van der Waals surface area (Å²) >= 11 is 1.65. The molecule has 1 aromatic heterocycles. The Kier molecular flexibility index (Phi) is 4.32. The lowest BCUT2D eigenvalue weighted by Crippen LogP contribution is -2.31. The Morgan fingerprint density at radius 1 is 1.43 bits per heavy atom. The molecule has 0 spiro atoms. The molecule has 1 amide bonds. The summed E-state index contributed by atoms with van der Waals surface area (Å²) in [7, 11) is 1.91. The molecular weight excluding hydrogens is 282 g/mol. The molecule has 0 bridgehead atoms. The van der Waals surface area contributed by atoms with E-state index in [2.05, 4.69) is 11.8 Å². The lowest BCUT2D eigenvalue weighted by Gasteiger charge is -2.21. The van der Waals surface area contributed by atoms with Crippen molar-refractivity contribution in [2.75, 3.05) is 13.7 Å². The number of aliphatic hydroxyl groups excluding tert-OH is 1. The van der Waals surface area contributed by atoms with Gasteiger partial charge in [-0.25, -0.2) is 0 Å². The van der Waals surface area contributed by atoms with E-state index in [1.54, 1.807) is 11.3 Å². The minimum Gasteiger partial charge on any atom is -0.395 e. The molecule has 2 aliphatic carbocycles. The zero-order chi connectivity index (χ0) is 14.8. The molecule has 3 rings (SSSR count). The van der Waals surface area contributed by atoms with Crippen molar-refractivity contribution in [2.45, 2.75) is 32.2 Å². The van der Waals surface area contributed by atoms with E-state index in [0.717, 1.165) is 30.2 Å². The van der Waals surface area contributed by atoms with Gasteiger partial charge < -0.3 is 10.0 Å². The first-order valence-corrected chi connectivity index (χ1v) is 8.47. The van der Waals surface area contributed by atoms with Crippen molar-refractivity contribution >= 4 is 17.2 Å². The highest BCUT2D eigenvalue weighted by atomic mass is 32.1. The SMILES string of the molecule is CN(Cc1cc(C#CCCO)cs1)C(=O)C1CC2CC2C1. The van der Waals surface area contributed by atoms with E-state index in [-0.39, 0.29) is 12.5 Å². The third-order valence-electron chi connectivity index (χ3n) is 4.49. The minimum absolute atomic E-state index is 0.102. The number of thiophene rings is 1. The maximum atomic E-state index is 12.4. The van der Waals surface area contributed by atoms with Gasteiger partial charge in [0.25, 0.3) is 0 Å². The van der Waals surface area contributed by atoms with Gasteiger partial charge in [0.15, 0.2) is 0 Å². The molecule has 1 aromatic rings. The topological polar surface area (TPSA) is 40.5 Å². The van der Waals surface area contributed by atoms with E-state index in [0.29, 0.717) is 18.9 Å². The van der Waals surface area contributed by atoms with E-state index in [1.165, 1.54) is 11.3 Å². The zero-order valence-electron chi connectivity index (χ0n) is 12.3. The van der Waals surface area contributed by atoms with Crippen molar-refractivity contribution in [1.29, 1.82) is 0 Å². The monoisotopic (exact) mass is 303 g/mol. The Morgan fingerprint density at radius 2 is 2.19 bits per heavy atom. The zero-order valence-corrected chi connectivity index (χ0v) is 13.2. The first-order valence-electron chi connectivity index (χ1n) is 7.59. The van der Waals surface area contributed by atoms with Gasteiger partial charge in [0.05, 0.1) is 13.2 Å². The molecule has 112 valence electrons. The molecule has 4 heteroatoms. The van der Waals surface area contributed by atoms with Crippen LogP contribution < -0.4 is 0 Å². The van der Waals surface area contributed by atoms with Gasteiger partial charge in [-0.05, 0) is 37.2 Å². The first kappa shape index (κ1) is 14.6. The van der Waals surface area contributed by atoms with Crippen LogP contribution in [-0.4, -0.2) is 29.6 Å². The van der Waals surface area contributed by atoms with Crippen LogP contribution in [0.1, 0.15) is 36.1 Å². The molecule has 0 saturated heterocycles. The molecule has 2 saturated carbocycles. The Labute approximate surface area is 130 Å². The Bertz CT molecular complexity index is 573. The average Bonchev–Trinajstić information content (AvgIpc) is 2.88. The van der Waals surface area contributed by atoms with Crippen molar-refractivity contribution in [2.24, 2.45) is 17.8 Å². The highest BCUT2D eigenvalue weighted by Crippen LogP contribution is 2.54. The molecule has 21 heavy (non-hydrogen) atoms. The van der Waals surface area contributed by atoms with Crippen LogP contribution in [0, 0.1) is 29.6 Å². The second-order valence-corrected chi connectivity index (χ2v) is 7.19. The molecule has 0 aliphatic heterocycles. The number of fused-ring (bicyclic) bond motifs is 1. The third kappa shape index (κ3) is 3.48. The molecule has 2 unspecified atom stereocenters. The summed E-state index contributed by atoms with van der Waals surface area (Å²) in [6.07, 6.45) is 4.08. The maximum Gasteiger partial charge on any atom is 0.225 e.